The fourth-order valence-corrected chi connectivity index (χ4v) is 2.23. The lowest BCUT2D eigenvalue weighted by atomic mass is 9.76. The highest BCUT2D eigenvalue weighted by Gasteiger charge is 2.39. The molecule has 2 N–H and O–H groups in total. The van der Waals surface area contributed by atoms with E-state index in [1.54, 1.807) is 6.20 Å². The quantitative estimate of drug-likeness (QED) is 0.760. The highest BCUT2D eigenvalue weighted by atomic mass is 16.1. The first-order valence-corrected chi connectivity index (χ1v) is 6.89. The highest BCUT2D eigenvalue weighted by molar-refractivity contribution is 5.86. The molecule has 5 nitrogen and oxygen atoms in total. The number of nitrogens with zero attached hydrogens (tertiary/aromatic N) is 3. The monoisotopic (exact) mass is 278 g/mol. The second kappa shape index (κ2) is 7.36. The zero-order chi connectivity index (χ0) is 15.2. The lowest BCUT2D eigenvalue weighted by Crippen LogP contribution is -2.45. The molecule has 5 heteroatoms. The molecule has 1 heterocycles. The molecule has 112 valence electrons. The van der Waals surface area contributed by atoms with Crippen molar-refractivity contribution in [1.29, 1.82) is 0 Å². The Labute approximate surface area is 121 Å². The Kier molecular flexibility index (Phi) is 6.10. The van der Waals surface area contributed by atoms with E-state index in [0.717, 1.165) is 18.8 Å². The van der Waals surface area contributed by atoms with Gasteiger partial charge in [-0.3, -0.25) is 9.78 Å². The molecule has 20 heavy (non-hydrogen) atoms. The van der Waals surface area contributed by atoms with Gasteiger partial charge in [-0.15, -0.1) is 0 Å². The zero-order valence-electron chi connectivity index (χ0n) is 13.0. The van der Waals surface area contributed by atoms with Gasteiger partial charge in [0.25, 0.3) is 0 Å². The van der Waals surface area contributed by atoms with Crippen LogP contribution in [0.25, 0.3) is 0 Å². The van der Waals surface area contributed by atoms with Gasteiger partial charge in [0, 0.05) is 6.20 Å². The third-order valence-corrected chi connectivity index (χ3v) is 3.60. The van der Waals surface area contributed by atoms with Crippen molar-refractivity contribution in [2.45, 2.75) is 18.3 Å². The maximum Gasteiger partial charge on any atom is 0.229 e. The lowest BCUT2D eigenvalue weighted by Gasteiger charge is -2.32. The molecule has 0 aliphatic carbocycles. The van der Waals surface area contributed by atoms with Gasteiger partial charge >= 0.3 is 0 Å². The number of primary amides is 1. The van der Waals surface area contributed by atoms with Crippen molar-refractivity contribution in [3.63, 3.8) is 0 Å². The van der Waals surface area contributed by atoms with Crippen molar-refractivity contribution in [2.24, 2.45) is 5.73 Å². The predicted octanol–water partition coefficient (Wildman–Crippen LogP) is 0.708. The molecule has 1 aromatic rings. The minimum Gasteiger partial charge on any atom is -0.369 e. The number of rotatable bonds is 8. The average molecular weight is 278 g/mol. The van der Waals surface area contributed by atoms with Crippen LogP contribution in [0.1, 0.15) is 18.5 Å². The lowest BCUT2D eigenvalue weighted by molar-refractivity contribution is -0.124. The summed E-state index contributed by atoms with van der Waals surface area (Å²) in [6.07, 6.45) is 3.08. The zero-order valence-corrected chi connectivity index (χ0v) is 13.0. The summed E-state index contributed by atoms with van der Waals surface area (Å²) in [7, 11) is 7.98. The third kappa shape index (κ3) is 4.28. The van der Waals surface area contributed by atoms with Crippen LogP contribution in [-0.2, 0) is 10.2 Å². The van der Waals surface area contributed by atoms with Crippen molar-refractivity contribution in [3.05, 3.63) is 30.1 Å². The van der Waals surface area contributed by atoms with E-state index in [-0.39, 0.29) is 5.91 Å². The van der Waals surface area contributed by atoms with Crippen molar-refractivity contribution in [2.75, 3.05) is 41.3 Å². The van der Waals surface area contributed by atoms with Crippen LogP contribution < -0.4 is 5.73 Å². The summed E-state index contributed by atoms with van der Waals surface area (Å²) < 4.78 is 0. The summed E-state index contributed by atoms with van der Waals surface area (Å²) in [5.74, 6) is -0.292. The van der Waals surface area contributed by atoms with E-state index >= 15 is 0 Å². The van der Waals surface area contributed by atoms with E-state index in [1.165, 1.54) is 0 Å². The van der Waals surface area contributed by atoms with Gasteiger partial charge < -0.3 is 15.5 Å². The molecule has 0 saturated carbocycles. The van der Waals surface area contributed by atoms with Crippen LogP contribution in [-0.4, -0.2) is 62.0 Å². The summed E-state index contributed by atoms with van der Waals surface area (Å²) in [6.45, 7) is 1.60. The van der Waals surface area contributed by atoms with Gasteiger partial charge in [-0.25, -0.2) is 0 Å². The first kappa shape index (κ1) is 16.6. The Bertz CT molecular complexity index is 405. The van der Waals surface area contributed by atoms with E-state index in [2.05, 4.69) is 14.8 Å². The number of pyridine rings is 1. The fourth-order valence-electron chi connectivity index (χ4n) is 2.23. The molecule has 0 fully saturated rings. The van der Waals surface area contributed by atoms with Crippen LogP contribution >= 0.6 is 0 Å². The molecule has 0 aliphatic rings. The molecule has 0 aliphatic heterocycles. The molecule has 0 spiro atoms. The molecule has 0 atom stereocenters. The highest BCUT2D eigenvalue weighted by Crippen LogP contribution is 2.30. The molecule has 0 unspecified atom stereocenters. The molecule has 0 radical (unpaired) electrons. The van der Waals surface area contributed by atoms with Crippen LogP contribution in [0.5, 0.6) is 0 Å². The molecule has 1 aromatic heterocycles. The number of hydrogen-bond donors (Lipinski definition) is 1. The van der Waals surface area contributed by atoms with Gasteiger partial charge in [-0.05, 0) is 66.3 Å². The second-order valence-corrected chi connectivity index (χ2v) is 5.77. The van der Waals surface area contributed by atoms with Crippen LogP contribution in [0.4, 0.5) is 0 Å². The Balaban J connectivity index is 3.09. The van der Waals surface area contributed by atoms with Crippen LogP contribution in [0, 0.1) is 0 Å². The molecule has 0 saturated heterocycles. The second-order valence-electron chi connectivity index (χ2n) is 5.77. The normalized spacial score (nSPS) is 12.1. The molecule has 1 amide bonds. The Morgan fingerprint density at radius 3 is 2.05 bits per heavy atom. The van der Waals surface area contributed by atoms with Crippen LogP contribution in [0.15, 0.2) is 24.4 Å². The van der Waals surface area contributed by atoms with Gasteiger partial charge in [-0.1, -0.05) is 6.07 Å². The van der Waals surface area contributed by atoms with Crippen molar-refractivity contribution < 1.29 is 4.79 Å². The van der Waals surface area contributed by atoms with Gasteiger partial charge in [0.05, 0.1) is 11.1 Å². The molecule has 0 bridgehead atoms. The largest absolute Gasteiger partial charge is 0.369 e. The average Bonchev–Trinajstić information content (AvgIpc) is 2.39. The van der Waals surface area contributed by atoms with Gasteiger partial charge in [-0.2, -0.15) is 0 Å². The van der Waals surface area contributed by atoms with Crippen molar-refractivity contribution in [3.8, 4) is 0 Å². The third-order valence-electron chi connectivity index (χ3n) is 3.60. The Hall–Kier alpha value is -1.46. The smallest absolute Gasteiger partial charge is 0.229 e. The fraction of sp³-hybridized carbons (Fsp3) is 0.600. The topological polar surface area (TPSA) is 62.5 Å². The van der Waals surface area contributed by atoms with E-state index < -0.39 is 5.41 Å². The predicted molar refractivity (Wildman–Crippen MR) is 81.5 cm³/mol. The van der Waals surface area contributed by atoms with E-state index in [0.29, 0.717) is 12.8 Å². The number of carbonyl (C=O) groups is 1. The van der Waals surface area contributed by atoms with Gasteiger partial charge in [0.2, 0.25) is 5.91 Å². The first-order valence-electron chi connectivity index (χ1n) is 6.89. The minimum absolute atomic E-state index is 0.292. The van der Waals surface area contributed by atoms with E-state index in [9.17, 15) is 4.79 Å². The molecule has 1 rings (SSSR count). The maximum atomic E-state index is 12.2. The number of carbonyl (C=O) groups excluding carboxylic acids is 1. The summed E-state index contributed by atoms with van der Waals surface area (Å²) >= 11 is 0. The van der Waals surface area contributed by atoms with Crippen molar-refractivity contribution in [1.82, 2.24) is 14.8 Å². The molecule has 0 aromatic carbocycles. The SMILES string of the molecule is CN(C)CCC(CCN(C)C)(C(N)=O)c1ccccn1. The summed E-state index contributed by atoms with van der Waals surface area (Å²) in [5.41, 5.74) is 5.84. The number of amides is 1. The Morgan fingerprint density at radius 2 is 1.70 bits per heavy atom. The summed E-state index contributed by atoms with van der Waals surface area (Å²) in [6, 6.07) is 5.66. The first-order chi connectivity index (χ1) is 9.38. The number of nitrogens with two attached hydrogens (primary N) is 1. The van der Waals surface area contributed by atoms with E-state index in [4.69, 9.17) is 5.73 Å². The molecular weight excluding hydrogens is 252 g/mol. The summed E-state index contributed by atoms with van der Waals surface area (Å²) in [5, 5.41) is 0. The van der Waals surface area contributed by atoms with E-state index in [1.807, 2.05) is 46.4 Å². The standard InChI is InChI=1S/C15H26N4O/c1-18(2)11-8-15(14(16)20,9-12-19(3)4)13-7-5-6-10-17-13/h5-7,10H,8-9,11-12H2,1-4H3,(H2,16,20). The van der Waals surface area contributed by atoms with Crippen LogP contribution in [0.2, 0.25) is 0 Å². The number of aromatic nitrogens is 1. The minimum atomic E-state index is -0.699. The maximum absolute atomic E-state index is 12.2. The molecular formula is C15H26N4O. The van der Waals surface area contributed by atoms with Gasteiger partial charge in [0.1, 0.15) is 0 Å². The van der Waals surface area contributed by atoms with Gasteiger partial charge in [0.15, 0.2) is 0 Å². The summed E-state index contributed by atoms with van der Waals surface area (Å²) in [4.78, 5) is 20.7. The number of hydrogen-bond acceptors (Lipinski definition) is 4. The van der Waals surface area contributed by atoms with Crippen molar-refractivity contribution >= 4 is 5.91 Å². The Morgan fingerprint density at radius 1 is 1.15 bits per heavy atom. The van der Waals surface area contributed by atoms with Crippen LogP contribution in [0.3, 0.4) is 0 Å².